The average molecular weight is 571 g/mol. The van der Waals surface area contributed by atoms with E-state index in [4.69, 9.17) is 4.74 Å². The molecule has 2 saturated heterocycles. The molecule has 0 aliphatic carbocycles. The summed E-state index contributed by atoms with van der Waals surface area (Å²) < 4.78 is 7.71. The Bertz CT molecular complexity index is 1460. The van der Waals surface area contributed by atoms with Crippen molar-refractivity contribution in [2.24, 2.45) is 0 Å². The van der Waals surface area contributed by atoms with Gasteiger partial charge >= 0.3 is 6.09 Å². The fourth-order valence-corrected chi connectivity index (χ4v) is 6.91. The molecule has 4 atom stereocenters. The Hall–Kier alpha value is -4.05. The van der Waals surface area contributed by atoms with Gasteiger partial charge in [0.15, 0.2) is 5.82 Å². The van der Waals surface area contributed by atoms with Crippen molar-refractivity contribution in [1.82, 2.24) is 29.9 Å². The van der Waals surface area contributed by atoms with Gasteiger partial charge < -0.3 is 14.6 Å². The van der Waals surface area contributed by atoms with Crippen LogP contribution in [0.1, 0.15) is 96.5 Å². The standard InChI is InChI=1S/C32H38N6O4/c1-20-34-35-28(19-37-29(39)23-12-8-9-13-24(23)30(37)40)38(20)27-18-22-14-15-26(27)36(22)17-16-25(21-10-6-5-7-11-21)33-31(41)42-32(2,3)4/h5-13,22,25-27H,14-19H2,1-4H3,(H,33,41)/t22?,25-,26?,27?/m0/s1. The minimum absolute atomic E-state index is 0.0942. The number of ether oxygens (including phenoxy) is 1. The second kappa shape index (κ2) is 11.0. The lowest BCUT2D eigenvalue weighted by atomic mass is 9.95. The van der Waals surface area contributed by atoms with Crippen LogP contribution in [0.5, 0.6) is 0 Å². The molecule has 3 unspecified atom stereocenters. The van der Waals surface area contributed by atoms with E-state index in [1.807, 2.05) is 58.0 Å². The molecule has 6 rings (SSSR count). The predicted molar refractivity (Wildman–Crippen MR) is 156 cm³/mol. The van der Waals surface area contributed by atoms with Gasteiger partial charge in [0, 0.05) is 18.6 Å². The molecular weight excluding hydrogens is 532 g/mol. The molecule has 2 aromatic carbocycles. The number of carbonyl (C=O) groups is 3. The Kier molecular flexibility index (Phi) is 7.34. The SMILES string of the molecule is Cc1nnc(CN2C(=O)c3ccccc3C2=O)n1C1CC2CCC1N2CC[C@H](NC(=O)OC(C)(C)C)c1ccccc1. The smallest absolute Gasteiger partial charge is 0.408 e. The average Bonchev–Trinajstić information content (AvgIpc) is 3.69. The van der Waals surface area contributed by atoms with Crippen LogP contribution in [0.2, 0.25) is 0 Å². The first-order valence-electron chi connectivity index (χ1n) is 14.8. The highest BCUT2D eigenvalue weighted by atomic mass is 16.6. The van der Waals surface area contributed by atoms with Crippen molar-refractivity contribution >= 4 is 17.9 Å². The fraction of sp³-hybridized carbons (Fsp3) is 0.469. The normalized spacial score (nSPS) is 22.5. The molecule has 10 nitrogen and oxygen atoms in total. The zero-order valence-electron chi connectivity index (χ0n) is 24.6. The molecule has 0 radical (unpaired) electrons. The molecule has 3 amide bonds. The number of aryl methyl sites for hydroxylation is 1. The monoisotopic (exact) mass is 570 g/mol. The van der Waals surface area contributed by atoms with Crippen LogP contribution >= 0.6 is 0 Å². The maximum absolute atomic E-state index is 13.1. The summed E-state index contributed by atoms with van der Waals surface area (Å²) in [5, 5.41) is 11.9. The third-order valence-electron chi connectivity index (χ3n) is 8.66. The first-order chi connectivity index (χ1) is 20.1. The number of rotatable bonds is 8. The van der Waals surface area contributed by atoms with E-state index in [0.717, 1.165) is 43.6 Å². The second-order valence-electron chi connectivity index (χ2n) is 12.5. The summed E-state index contributed by atoms with van der Waals surface area (Å²) in [6.45, 7) is 8.43. The predicted octanol–water partition coefficient (Wildman–Crippen LogP) is 4.82. The summed E-state index contributed by atoms with van der Waals surface area (Å²) in [4.78, 5) is 42.6. The van der Waals surface area contributed by atoms with Crippen molar-refractivity contribution in [2.45, 2.75) is 89.7 Å². The van der Waals surface area contributed by atoms with Crippen molar-refractivity contribution in [2.75, 3.05) is 6.54 Å². The van der Waals surface area contributed by atoms with E-state index in [0.29, 0.717) is 23.0 Å². The lowest BCUT2D eigenvalue weighted by Gasteiger charge is -2.29. The largest absolute Gasteiger partial charge is 0.444 e. The van der Waals surface area contributed by atoms with Gasteiger partial charge in [-0.3, -0.25) is 19.4 Å². The molecular formula is C32H38N6O4. The number of aromatic nitrogens is 3. The Labute approximate surface area is 246 Å². The molecule has 2 bridgehead atoms. The molecule has 0 saturated carbocycles. The Morgan fingerprint density at radius 1 is 0.976 bits per heavy atom. The van der Waals surface area contributed by atoms with Gasteiger partial charge in [-0.2, -0.15) is 0 Å². The fourth-order valence-electron chi connectivity index (χ4n) is 6.91. The van der Waals surface area contributed by atoms with Crippen LogP contribution < -0.4 is 5.32 Å². The zero-order valence-corrected chi connectivity index (χ0v) is 24.6. The van der Waals surface area contributed by atoms with E-state index in [9.17, 15) is 14.4 Å². The van der Waals surface area contributed by atoms with Gasteiger partial charge in [0.05, 0.1) is 29.8 Å². The van der Waals surface area contributed by atoms with Gasteiger partial charge in [0.2, 0.25) is 0 Å². The molecule has 220 valence electrons. The number of hydrogen-bond acceptors (Lipinski definition) is 7. The molecule has 3 aromatic rings. The van der Waals surface area contributed by atoms with E-state index in [1.165, 1.54) is 4.90 Å². The molecule has 10 heteroatoms. The number of alkyl carbamates (subject to hydrolysis) is 1. The summed E-state index contributed by atoms with van der Waals surface area (Å²) in [6.07, 6.45) is 3.44. The number of imide groups is 1. The van der Waals surface area contributed by atoms with Crippen LogP contribution in [0.15, 0.2) is 54.6 Å². The summed E-state index contributed by atoms with van der Waals surface area (Å²) >= 11 is 0. The van der Waals surface area contributed by atoms with Crippen molar-refractivity contribution < 1.29 is 19.1 Å². The van der Waals surface area contributed by atoms with Gasteiger partial charge in [-0.1, -0.05) is 42.5 Å². The third kappa shape index (κ3) is 5.31. The maximum atomic E-state index is 13.1. The number of benzene rings is 2. The summed E-state index contributed by atoms with van der Waals surface area (Å²) in [7, 11) is 0. The topological polar surface area (TPSA) is 110 Å². The van der Waals surface area contributed by atoms with E-state index in [-0.39, 0.29) is 36.5 Å². The Morgan fingerprint density at radius 3 is 2.31 bits per heavy atom. The zero-order chi connectivity index (χ0) is 29.6. The van der Waals surface area contributed by atoms with Crippen LogP contribution in [-0.2, 0) is 11.3 Å². The number of carbonyl (C=O) groups excluding carboxylic acids is 3. The number of nitrogens with zero attached hydrogens (tertiary/aromatic N) is 5. The molecule has 1 aromatic heterocycles. The Morgan fingerprint density at radius 2 is 1.64 bits per heavy atom. The number of fused-ring (bicyclic) bond motifs is 3. The molecule has 3 aliphatic heterocycles. The van der Waals surface area contributed by atoms with E-state index >= 15 is 0 Å². The summed E-state index contributed by atoms with van der Waals surface area (Å²) in [5.74, 6) is 0.838. The highest BCUT2D eigenvalue weighted by molar-refractivity contribution is 6.21. The molecule has 4 heterocycles. The Balaban J connectivity index is 1.17. The van der Waals surface area contributed by atoms with Crippen molar-refractivity contribution in [1.29, 1.82) is 0 Å². The van der Waals surface area contributed by atoms with E-state index < -0.39 is 11.7 Å². The van der Waals surface area contributed by atoms with E-state index in [2.05, 4.69) is 25.0 Å². The lowest BCUT2D eigenvalue weighted by molar-refractivity contribution is 0.0496. The lowest BCUT2D eigenvalue weighted by Crippen LogP contribution is -2.38. The van der Waals surface area contributed by atoms with Crippen molar-refractivity contribution in [3.63, 3.8) is 0 Å². The highest BCUT2D eigenvalue weighted by Gasteiger charge is 2.48. The van der Waals surface area contributed by atoms with Gasteiger partial charge in [-0.15, -0.1) is 10.2 Å². The first kappa shape index (κ1) is 28.1. The summed E-state index contributed by atoms with van der Waals surface area (Å²) in [6, 6.07) is 17.6. The van der Waals surface area contributed by atoms with Crippen LogP contribution in [0.25, 0.3) is 0 Å². The number of nitrogens with one attached hydrogen (secondary N) is 1. The second-order valence-corrected chi connectivity index (χ2v) is 12.5. The molecule has 0 spiro atoms. The number of amides is 3. The van der Waals surface area contributed by atoms with Gasteiger partial charge in [0.25, 0.3) is 11.8 Å². The third-order valence-corrected chi connectivity index (χ3v) is 8.66. The summed E-state index contributed by atoms with van der Waals surface area (Å²) in [5.41, 5.74) is 1.34. The van der Waals surface area contributed by atoms with Crippen LogP contribution in [0.4, 0.5) is 4.79 Å². The van der Waals surface area contributed by atoms with Crippen LogP contribution in [0.3, 0.4) is 0 Å². The quantitative estimate of drug-likeness (QED) is 0.387. The highest BCUT2D eigenvalue weighted by Crippen LogP contribution is 2.45. The van der Waals surface area contributed by atoms with Crippen LogP contribution in [-0.4, -0.2) is 66.7 Å². The molecule has 1 N–H and O–H groups in total. The molecule has 3 aliphatic rings. The van der Waals surface area contributed by atoms with E-state index in [1.54, 1.807) is 24.3 Å². The van der Waals surface area contributed by atoms with Crippen LogP contribution in [0, 0.1) is 6.92 Å². The van der Waals surface area contributed by atoms with Crippen molar-refractivity contribution in [3.8, 4) is 0 Å². The molecule has 42 heavy (non-hydrogen) atoms. The molecule has 2 fully saturated rings. The maximum Gasteiger partial charge on any atom is 0.408 e. The van der Waals surface area contributed by atoms with Gasteiger partial charge in [-0.25, -0.2) is 4.79 Å². The minimum Gasteiger partial charge on any atom is -0.444 e. The number of hydrogen-bond donors (Lipinski definition) is 1. The van der Waals surface area contributed by atoms with Crippen molar-refractivity contribution in [3.05, 3.63) is 82.9 Å². The van der Waals surface area contributed by atoms with Gasteiger partial charge in [0.1, 0.15) is 11.4 Å². The first-order valence-corrected chi connectivity index (χ1v) is 14.8. The van der Waals surface area contributed by atoms with Gasteiger partial charge in [-0.05, 0) is 71.1 Å². The minimum atomic E-state index is -0.575.